The van der Waals surface area contributed by atoms with Gasteiger partial charge in [0.15, 0.2) is 0 Å². The van der Waals surface area contributed by atoms with E-state index in [1.807, 2.05) is 31.2 Å². The van der Waals surface area contributed by atoms with Gasteiger partial charge in [-0.3, -0.25) is 9.59 Å². The molecule has 0 radical (unpaired) electrons. The summed E-state index contributed by atoms with van der Waals surface area (Å²) in [5.41, 5.74) is 3.96. The van der Waals surface area contributed by atoms with Gasteiger partial charge in [-0.05, 0) is 36.8 Å². The van der Waals surface area contributed by atoms with Gasteiger partial charge in [-0.25, -0.2) is 9.97 Å². The van der Waals surface area contributed by atoms with Crippen LogP contribution < -0.4 is 16.0 Å². The third kappa shape index (κ3) is 5.38. The molecule has 0 atom stereocenters. The predicted octanol–water partition coefficient (Wildman–Crippen LogP) is 3.61. The summed E-state index contributed by atoms with van der Waals surface area (Å²) in [6.07, 6.45) is 2.96. The number of nitrogens with one attached hydrogen (secondary N) is 3. The summed E-state index contributed by atoms with van der Waals surface area (Å²) in [7, 11) is 0. The van der Waals surface area contributed by atoms with Crippen molar-refractivity contribution in [3.8, 4) is 0 Å². The van der Waals surface area contributed by atoms with Crippen molar-refractivity contribution in [1.82, 2.24) is 9.97 Å². The van der Waals surface area contributed by atoms with Gasteiger partial charge in [0.1, 0.15) is 0 Å². The van der Waals surface area contributed by atoms with Crippen molar-refractivity contribution < 1.29 is 9.59 Å². The van der Waals surface area contributed by atoms with E-state index in [0.717, 1.165) is 5.56 Å². The molecule has 0 aliphatic carbocycles. The quantitative estimate of drug-likeness (QED) is 0.612. The molecule has 3 aromatic rings. The first-order valence-corrected chi connectivity index (χ1v) is 8.80. The highest BCUT2D eigenvalue weighted by molar-refractivity contribution is 6.04. The molecule has 0 saturated carbocycles. The molecule has 1 heterocycles. The number of rotatable bonds is 6. The van der Waals surface area contributed by atoms with Crippen LogP contribution in [0.2, 0.25) is 0 Å². The molecule has 0 spiro atoms. The first-order valence-electron chi connectivity index (χ1n) is 8.80. The molecule has 0 bridgehead atoms. The minimum absolute atomic E-state index is 0.148. The van der Waals surface area contributed by atoms with Gasteiger partial charge in [-0.15, -0.1) is 0 Å². The number of aryl methyl sites for hydroxylation is 1. The van der Waals surface area contributed by atoms with E-state index in [-0.39, 0.29) is 11.8 Å². The number of aromatic nitrogens is 2. The van der Waals surface area contributed by atoms with Crippen LogP contribution in [0.4, 0.5) is 17.3 Å². The maximum absolute atomic E-state index is 12.3. The molecule has 3 rings (SSSR count). The highest BCUT2D eigenvalue weighted by atomic mass is 16.2. The zero-order valence-corrected chi connectivity index (χ0v) is 15.7. The second kappa shape index (κ2) is 8.77. The molecular formula is C21H21N5O2. The van der Waals surface area contributed by atoms with E-state index in [1.165, 1.54) is 24.9 Å². The van der Waals surface area contributed by atoms with Crippen LogP contribution in [0, 0.1) is 6.92 Å². The van der Waals surface area contributed by atoms with E-state index in [0.29, 0.717) is 29.4 Å². The van der Waals surface area contributed by atoms with Gasteiger partial charge in [-0.2, -0.15) is 0 Å². The van der Waals surface area contributed by atoms with Crippen LogP contribution in [0.15, 0.2) is 60.9 Å². The summed E-state index contributed by atoms with van der Waals surface area (Å²) in [6, 6.07) is 15.0. The molecule has 28 heavy (non-hydrogen) atoms. The first kappa shape index (κ1) is 19.0. The van der Waals surface area contributed by atoms with Crippen molar-refractivity contribution in [1.29, 1.82) is 0 Å². The molecule has 1 aromatic heterocycles. The van der Waals surface area contributed by atoms with Crippen LogP contribution in [0.5, 0.6) is 0 Å². The Kier molecular flexibility index (Phi) is 5.96. The Labute approximate surface area is 163 Å². The van der Waals surface area contributed by atoms with Gasteiger partial charge in [0.05, 0.1) is 5.56 Å². The van der Waals surface area contributed by atoms with Crippen molar-refractivity contribution in [2.24, 2.45) is 0 Å². The van der Waals surface area contributed by atoms with E-state index in [9.17, 15) is 9.59 Å². The second-order valence-corrected chi connectivity index (χ2v) is 6.35. The number of hydrogen-bond acceptors (Lipinski definition) is 5. The largest absolute Gasteiger partial charge is 0.350 e. The molecule has 7 nitrogen and oxygen atoms in total. The summed E-state index contributed by atoms with van der Waals surface area (Å²) < 4.78 is 0. The standard InChI is InChI=1S/C21H21N5O2/c1-14-3-5-16(6-4-14)11-22-21-23-12-17(13-24-21)20(28)26-19-9-7-18(8-10-19)25-15(2)27/h3-10,12-13H,11H2,1-2H3,(H,25,27)(H,26,28)(H,22,23,24). The van der Waals surface area contributed by atoms with Gasteiger partial charge in [0.2, 0.25) is 11.9 Å². The Morgan fingerprint density at radius 1 is 0.857 bits per heavy atom. The van der Waals surface area contributed by atoms with Crippen LogP contribution in [-0.4, -0.2) is 21.8 Å². The van der Waals surface area contributed by atoms with Crippen LogP contribution in [0.3, 0.4) is 0 Å². The third-order valence-electron chi connectivity index (χ3n) is 3.95. The maximum Gasteiger partial charge on any atom is 0.258 e. The van der Waals surface area contributed by atoms with Gasteiger partial charge < -0.3 is 16.0 Å². The molecule has 3 N–H and O–H groups in total. The first-order chi connectivity index (χ1) is 13.5. The summed E-state index contributed by atoms with van der Waals surface area (Å²) >= 11 is 0. The van der Waals surface area contributed by atoms with Gasteiger partial charge in [0, 0.05) is 37.2 Å². The lowest BCUT2D eigenvalue weighted by Gasteiger charge is -2.08. The lowest BCUT2D eigenvalue weighted by atomic mass is 10.1. The summed E-state index contributed by atoms with van der Waals surface area (Å²) in [5, 5.41) is 8.57. The molecule has 2 amide bonds. The SMILES string of the molecule is CC(=O)Nc1ccc(NC(=O)c2cnc(NCc3ccc(C)cc3)nc2)cc1. The molecule has 0 aliphatic rings. The smallest absolute Gasteiger partial charge is 0.258 e. The Morgan fingerprint density at radius 3 is 2.00 bits per heavy atom. The fourth-order valence-electron chi connectivity index (χ4n) is 2.47. The molecule has 0 saturated heterocycles. The van der Waals surface area contributed by atoms with Crippen molar-refractivity contribution >= 4 is 29.1 Å². The Morgan fingerprint density at radius 2 is 1.43 bits per heavy atom. The third-order valence-corrected chi connectivity index (χ3v) is 3.95. The van der Waals surface area contributed by atoms with Crippen molar-refractivity contribution in [3.63, 3.8) is 0 Å². The zero-order chi connectivity index (χ0) is 19.9. The molecular weight excluding hydrogens is 354 g/mol. The number of amides is 2. The lowest BCUT2D eigenvalue weighted by Crippen LogP contribution is -2.13. The average molecular weight is 375 g/mol. The Hall–Kier alpha value is -3.74. The molecule has 142 valence electrons. The zero-order valence-electron chi connectivity index (χ0n) is 15.7. The second-order valence-electron chi connectivity index (χ2n) is 6.35. The van der Waals surface area contributed by atoms with E-state index in [4.69, 9.17) is 0 Å². The van der Waals surface area contributed by atoms with E-state index < -0.39 is 0 Å². The molecule has 0 fully saturated rings. The van der Waals surface area contributed by atoms with Crippen LogP contribution in [0.25, 0.3) is 0 Å². The van der Waals surface area contributed by atoms with E-state index in [1.54, 1.807) is 24.3 Å². The average Bonchev–Trinajstić information content (AvgIpc) is 2.69. The van der Waals surface area contributed by atoms with Crippen molar-refractivity contribution in [3.05, 3.63) is 77.6 Å². The predicted molar refractivity (Wildman–Crippen MR) is 109 cm³/mol. The minimum atomic E-state index is -0.308. The summed E-state index contributed by atoms with van der Waals surface area (Å²) in [4.78, 5) is 31.7. The van der Waals surface area contributed by atoms with Gasteiger partial charge in [-0.1, -0.05) is 29.8 Å². The van der Waals surface area contributed by atoms with Crippen LogP contribution >= 0.6 is 0 Å². The molecule has 0 unspecified atom stereocenters. The summed E-state index contributed by atoms with van der Waals surface area (Å²) in [5.74, 6) is -0.000779. The van der Waals surface area contributed by atoms with E-state index >= 15 is 0 Å². The van der Waals surface area contributed by atoms with Crippen LogP contribution in [0.1, 0.15) is 28.4 Å². The Balaban J connectivity index is 1.55. The fraction of sp³-hybridized carbons (Fsp3) is 0.143. The van der Waals surface area contributed by atoms with Crippen molar-refractivity contribution in [2.45, 2.75) is 20.4 Å². The minimum Gasteiger partial charge on any atom is -0.350 e. The maximum atomic E-state index is 12.3. The number of anilines is 3. The fourth-order valence-corrected chi connectivity index (χ4v) is 2.47. The highest BCUT2D eigenvalue weighted by Crippen LogP contribution is 2.14. The number of hydrogen-bond donors (Lipinski definition) is 3. The number of nitrogens with zero attached hydrogens (tertiary/aromatic N) is 2. The number of carbonyl (C=O) groups excluding carboxylic acids is 2. The van der Waals surface area contributed by atoms with E-state index in [2.05, 4.69) is 25.9 Å². The van der Waals surface area contributed by atoms with Crippen molar-refractivity contribution in [2.75, 3.05) is 16.0 Å². The number of benzene rings is 2. The molecule has 7 heteroatoms. The van der Waals surface area contributed by atoms with Crippen LogP contribution in [-0.2, 0) is 11.3 Å². The van der Waals surface area contributed by atoms with Gasteiger partial charge in [0.25, 0.3) is 5.91 Å². The number of carbonyl (C=O) groups is 2. The molecule has 2 aromatic carbocycles. The lowest BCUT2D eigenvalue weighted by molar-refractivity contribution is -0.114. The monoisotopic (exact) mass is 375 g/mol. The Bertz CT molecular complexity index is 952. The van der Waals surface area contributed by atoms with Gasteiger partial charge >= 0.3 is 0 Å². The highest BCUT2D eigenvalue weighted by Gasteiger charge is 2.08. The topological polar surface area (TPSA) is 96.0 Å². The molecule has 0 aliphatic heterocycles. The normalized spacial score (nSPS) is 10.2. The summed E-state index contributed by atoms with van der Waals surface area (Å²) in [6.45, 7) is 4.09.